The number of anilines is 1. The van der Waals surface area contributed by atoms with Gasteiger partial charge in [0.1, 0.15) is 5.75 Å². The highest BCUT2D eigenvalue weighted by Crippen LogP contribution is 2.14. The Morgan fingerprint density at radius 1 is 1.46 bits per heavy atom. The van der Waals surface area contributed by atoms with Crippen LogP contribution < -0.4 is 5.32 Å². The minimum atomic E-state index is -0.339. The van der Waals surface area contributed by atoms with Gasteiger partial charge in [0, 0.05) is 5.69 Å². The van der Waals surface area contributed by atoms with Crippen LogP contribution in [-0.4, -0.2) is 16.3 Å². The van der Waals surface area contributed by atoms with Crippen molar-refractivity contribution in [2.75, 3.05) is 5.32 Å². The Labute approximate surface area is 82.2 Å². The molecule has 1 rings (SSSR count). The van der Waals surface area contributed by atoms with Gasteiger partial charge in [0.2, 0.25) is 5.91 Å². The molecule has 1 amide bonds. The summed E-state index contributed by atoms with van der Waals surface area (Å²) in [5.41, 5.74) is 0.656. The summed E-state index contributed by atoms with van der Waals surface area (Å²) in [7, 11) is 0. The Morgan fingerprint density at radius 2 is 2.00 bits per heavy atom. The molecule has 0 bridgehead atoms. The number of phenolic OH excluding ortho intramolecular Hbond substituents is 1. The fourth-order valence-electron chi connectivity index (χ4n) is 0.791. The van der Waals surface area contributed by atoms with E-state index in [0.717, 1.165) is 0 Å². The smallest absolute Gasteiger partial charge is 0.236 e. The van der Waals surface area contributed by atoms with Gasteiger partial charge in [-0.3, -0.25) is 4.79 Å². The minimum Gasteiger partial charge on any atom is -0.508 e. The number of hydrogen-bond acceptors (Lipinski definition) is 3. The molecule has 1 unspecified atom stereocenters. The molecule has 3 nitrogen and oxygen atoms in total. The standard InChI is InChI=1S/C9H11NO2S/c1-6(13)9(12)10-7-2-4-8(11)5-3-7/h2-6,11,13H,1H3,(H,10,12). The van der Waals surface area contributed by atoms with Crippen LogP contribution in [0.2, 0.25) is 0 Å². The average molecular weight is 197 g/mol. The number of benzene rings is 1. The zero-order valence-electron chi connectivity index (χ0n) is 7.19. The van der Waals surface area contributed by atoms with E-state index in [-0.39, 0.29) is 16.9 Å². The molecule has 0 aliphatic rings. The van der Waals surface area contributed by atoms with Crippen molar-refractivity contribution in [2.24, 2.45) is 0 Å². The monoisotopic (exact) mass is 197 g/mol. The summed E-state index contributed by atoms with van der Waals surface area (Å²) < 4.78 is 0. The first kappa shape index (κ1) is 9.92. The number of nitrogens with one attached hydrogen (secondary N) is 1. The summed E-state index contributed by atoms with van der Waals surface area (Å²) in [5, 5.41) is 11.3. The van der Waals surface area contributed by atoms with Crippen molar-refractivity contribution in [3.8, 4) is 5.75 Å². The van der Waals surface area contributed by atoms with E-state index in [1.165, 1.54) is 12.1 Å². The van der Waals surface area contributed by atoms with Crippen LogP contribution >= 0.6 is 12.6 Å². The molecule has 13 heavy (non-hydrogen) atoms. The Kier molecular flexibility index (Phi) is 3.19. The van der Waals surface area contributed by atoms with Gasteiger partial charge in [0.25, 0.3) is 0 Å². The molecule has 0 heterocycles. The van der Waals surface area contributed by atoms with Gasteiger partial charge in [-0.15, -0.1) is 0 Å². The van der Waals surface area contributed by atoms with Gasteiger partial charge in [-0.25, -0.2) is 0 Å². The Hall–Kier alpha value is -1.16. The normalized spacial score (nSPS) is 12.2. The van der Waals surface area contributed by atoms with Gasteiger partial charge in [0.05, 0.1) is 5.25 Å². The molecule has 0 fully saturated rings. The molecule has 0 saturated carbocycles. The molecule has 0 saturated heterocycles. The van der Waals surface area contributed by atoms with Crippen molar-refractivity contribution >= 4 is 24.2 Å². The Bertz CT molecular complexity index is 295. The summed E-state index contributed by atoms with van der Waals surface area (Å²) in [6.45, 7) is 1.69. The first-order valence-electron chi connectivity index (χ1n) is 3.87. The van der Waals surface area contributed by atoms with Crippen molar-refractivity contribution < 1.29 is 9.90 Å². The van der Waals surface area contributed by atoms with Crippen LogP contribution in [0.5, 0.6) is 5.75 Å². The fourth-order valence-corrected chi connectivity index (χ4v) is 0.856. The van der Waals surface area contributed by atoms with Crippen molar-refractivity contribution in [1.82, 2.24) is 0 Å². The average Bonchev–Trinajstić information content (AvgIpc) is 2.08. The van der Waals surface area contributed by atoms with Crippen LogP contribution in [0.15, 0.2) is 24.3 Å². The lowest BCUT2D eigenvalue weighted by molar-refractivity contribution is -0.115. The summed E-state index contributed by atoms with van der Waals surface area (Å²) in [5.74, 6) is 0.0194. The predicted molar refractivity (Wildman–Crippen MR) is 55.2 cm³/mol. The fraction of sp³-hybridized carbons (Fsp3) is 0.222. The highest BCUT2D eigenvalue weighted by atomic mass is 32.1. The molecule has 0 aromatic heterocycles. The van der Waals surface area contributed by atoms with E-state index in [0.29, 0.717) is 5.69 Å². The van der Waals surface area contributed by atoms with E-state index in [9.17, 15) is 4.79 Å². The lowest BCUT2D eigenvalue weighted by atomic mass is 10.3. The van der Waals surface area contributed by atoms with Crippen molar-refractivity contribution in [3.05, 3.63) is 24.3 Å². The quantitative estimate of drug-likeness (QED) is 0.498. The third-order valence-corrected chi connectivity index (χ3v) is 1.75. The van der Waals surface area contributed by atoms with Gasteiger partial charge in [0.15, 0.2) is 0 Å². The van der Waals surface area contributed by atoms with Crippen molar-refractivity contribution in [2.45, 2.75) is 12.2 Å². The summed E-state index contributed by atoms with van der Waals surface area (Å²) in [6.07, 6.45) is 0. The third-order valence-electron chi connectivity index (χ3n) is 1.51. The predicted octanol–water partition coefficient (Wildman–Crippen LogP) is 1.65. The number of amides is 1. The second kappa shape index (κ2) is 4.18. The van der Waals surface area contributed by atoms with Crippen LogP contribution in [0.4, 0.5) is 5.69 Å². The zero-order chi connectivity index (χ0) is 9.84. The topological polar surface area (TPSA) is 49.3 Å². The maximum Gasteiger partial charge on any atom is 0.236 e. The second-order valence-corrected chi connectivity index (χ2v) is 3.49. The number of carbonyl (C=O) groups is 1. The molecule has 1 aromatic rings. The van der Waals surface area contributed by atoms with Gasteiger partial charge in [-0.05, 0) is 31.2 Å². The van der Waals surface area contributed by atoms with Crippen LogP contribution in [0, 0.1) is 0 Å². The molecule has 70 valence electrons. The molecular formula is C9H11NO2S. The molecule has 1 atom stereocenters. The van der Waals surface area contributed by atoms with E-state index in [2.05, 4.69) is 17.9 Å². The summed E-state index contributed by atoms with van der Waals surface area (Å²) in [4.78, 5) is 11.1. The molecule has 4 heteroatoms. The maximum atomic E-state index is 11.1. The highest BCUT2D eigenvalue weighted by molar-refractivity contribution is 7.81. The SMILES string of the molecule is CC(S)C(=O)Nc1ccc(O)cc1. The molecule has 0 aliphatic heterocycles. The molecular weight excluding hydrogens is 186 g/mol. The largest absolute Gasteiger partial charge is 0.508 e. The molecule has 0 radical (unpaired) electrons. The first-order chi connectivity index (χ1) is 6.09. The van der Waals surface area contributed by atoms with Crippen LogP contribution in [0.1, 0.15) is 6.92 Å². The van der Waals surface area contributed by atoms with E-state index in [1.54, 1.807) is 19.1 Å². The number of hydrogen-bond donors (Lipinski definition) is 3. The highest BCUT2D eigenvalue weighted by Gasteiger charge is 2.06. The molecule has 2 N–H and O–H groups in total. The molecule has 0 spiro atoms. The number of thiol groups is 1. The first-order valence-corrected chi connectivity index (χ1v) is 4.39. The van der Waals surface area contributed by atoms with Gasteiger partial charge >= 0.3 is 0 Å². The van der Waals surface area contributed by atoms with E-state index >= 15 is 0 Å². The second-order valence-electron chi connectivity index (χ2n) is 2.71. The van der Waals surface area contributed by atoms with Crippen LogP contribution in [0.3, 0.4) is 0 Å². The molecule has 0 aliphatic carbocycles. The van der Waals surface area contributed by atoms with Crippen LogP contribution in [0.25, 0.3) is 0 Å². The number of aromatic hydroxyl groups is 1. The van der Waals surface area contributed by atoms with Gasteiger partial charge in [-0.2, -0.15) is 12.6 Å². The van der Waals surface area contributed by atoms with E-state index < -0.39 is 0 Å². The minimum absolute atomic E-state index is 0.158. The van der Waals surface area contributed by atoms with Crippen molar-refractivity contribution in [1.29, 1.82) is 0 Å². The lowest BCUT2D eigenvalue weighted by Crippen LogP contribution is -2.20. The summed E-state index contributed by atoms with van der Waals surface area (Å²) >= 11 is 3.98. The number of rotatable bonds is 2. The van der Waals surface area contributed by atoms with Crippen LogP contribution in [-0.2, 0) is 4.79 Å². The number of carbonyl (C=O) groups excluding carboxylic acids is 1. The van der Waals surface area contributed by atoms with Gasteiger partial charge in [-0.1, -0.05) is 0 Å². The Morgan fingerprint density at radius 3 is 2.46 bits per heavy atom. The number of phenols is 1. The lowest BCUT2D eigenvalue weighted by Gasteiger charge is -2.06. The zero-order valence-corrected chi connectivity index (χ0v) is 8.08. The maximum absolute atomic E-state index is 11.1. The van der Waals surface area contributed by atoms with Gasteiger partial charge < -0.3 is 10.4 Å². The summed E-state index contributed by atoms with van der Waals surface area (Å²) in [6, 6.07) is 6.28. The van der Waals surface area contributed by atoms with Crippen molar-refractivity contribution in [3.63, 3.8) is 0 Å². The molecule has 1 aromatic carbocycles. The third kappa shape index (κ3) is 2.99. The van der Waals surface area contributed by atoms with E-state index in [4.69, 9.17) is 5.11 Å². The Balaban J connectivity index is 2.65. The van der Waals surface area contributed by atoms with E-state index in [1.807, 2.05) is 0 Å².